The first kappa shape index (κ1) is 18.5. The Kier molecular flexibility index (Phi) is 6.01. The monoisotopic (exact) mass is 385 g/mol. The Balaban J connectivity index is 1.67. The minimum absolute atomic E-state index is 0.0696. The van der Waals surface area contributed by atoms with Crippen molar-refractivity contribution in [2.45, 2.75) is 25.5 Å². The summed E-state index contributed by atoms with van der Waals surface area (Å²) in [5, 5.41) is 4.35. The maximum atomic E-state index is 12.2. The van der Waals surface area contributed by atoms with Gasteiger partial charge in [-0.2, -0.15) is 0 Å². The number of nitrogens with zero attached hydrogens (tertiary/aromatic N) is 2. The molecule has 0 spiro atoms. The summed E-state index contributed by atoms with van der Waals surface area (Å²) in [4.78, 5) is 16.7. The summed E-state index contributed by atoms with van der Waals surface area (Å²) < 4.78 is 2.13. The lowest BCUT2D eigenvalue weighted by Gasteiger charge is -2.10. The van der Waals surface area contributed by atoms with Crippen LogP contribution in [0.2, 0.25) is 5.02 Å². The number of amides is 1. The van der Waals surface area contributed by atoms with Gasteiger partial charge in [-0.15, -0.1) is 0 Å². The molecule has 134 valence electrons. The van der Waals surface area contributed by atoms with E-state index < -0.39 is 0 Å². The molecule has 1 amide bonds. The molecule has 3 rings (SSSR count). The van der Waals surface area contributed by atoms with Gasteiger partial charge in [0.25, 0.3) is 0 Å². The summed E-state index contributed by atoms with van der Waals surface area (Å²) in [6.07, 6.45) is 1.87. The highest BCUT2D eigenvalue weighted by Gasteiger charge is 2.13. The topological polar surface area (TPSA) is 46.9 Å². The summed E-state index contributed by atoms with van der Waals surface area (Å²) in [6, 6.07) is 15.5. The average molecular weight is 386 g/mol. The normalized spacial score (nSPS) is 10.7. The molecular formula is C20H20ClN3OS. The van der Waals surface area contributed by atoms with Gasteiger partial charge >= 0.3 is 0 Å². The number of imidazole rings is 1. The molecule has 0 atom stereocenters. The Bertz CT molecular complexity index is 888. The number of hydrogen-bond acceptors (Lipinski definition) is 3. The van der Waals surface area contributed by atoms with Gasteiger partial charge in [0.15, 0.2) is 5.16 Å². The first-order chi connectivity index (χ1) is 12.6. The summed E-state index contributed by atoms with van der Waals surface area (Å²) >= 11 is 7.29. The number of thioether (sulfide) groups is 1. The van der Waals surface area contributed by atoms with E-state index >= 15 is 0 Å². The van der Waals surface area contributed by atoms with Crippen LogP contribution >= 0.6 is 23.4 Å². The lowest BCUT2D eigenvalue weighted by atomic mass is 10.1. The maximum absolute atomic E-state index is 12.2. The molecule has 6 heteroatoms. The molecule has 26 heavy (non-hydrogen) atoms. The van der Waals surface area contributed by atoms with Gasteiger partial charge in [-0.25, -0.2) is 4.98 Å². The van der Waals surface area contributed by atoms with Gasteiger partial charge in [-0.3, -0.25) is 4.79 Å². The fraction of sp³-hybridized carbons (Fsp3) is 0.200. The Morgan fingerprint density at radius 2 is 1.85 bits per heavy atom. The molecule has 3 aromatic rings. The van der Waals surface area contributed by atoms with Gasteiger partial charge in [0.05, 0.1) is 17.6 Å². The van der Waals surface area contributed by atoms with Gasteiger partial charge in [-0.05, 0) is 43.7 Å². The first-order valence-electron chi connectivity index (χ1n) is 8.37. The molecule has 0 unspecified atom stereocenters. The van der Waals surface area contributed by atoms with E-state index in [1.165, 1.54) is 17.3 Å². The van der Waals surface area contributed by atoms with E-state index in [2.05, 4.69) is 53.0 Å². The van der Waals surface area contributed by atoms with Gasteiger partial charge in [-0.1, -0.05) is 53.2 Å². The predicted molar refractivity (Wildman–Crippen MR) is 109 cm³/mol. The van der Waals surface area contributed by atoms with Crippen LogP contribution in [0, 0.1) is 6.92 Å². The summed E-state index contributed by atoms with van der Waals surface area (Å²) in [5.74, 6) is 0.229. The van der Waals surface area contributed by atoms with E-state index in [1.807, 2.05) is 6.20 Å². The van der Waals surface area contributed by atoms with Crippen molar-refractivity contribution in [2.75, 3.05) is 11.1 Å². The van der Waals surface area contributed by atoms with Crippen LogP contribution < -0.4 is 5.32 Å². The van der Waals surface area contributed by atoms with Crippen molar-refractivity contribution >= 4 is 35.0 Å². The number of hydrogen-bond donors (Lipinski definition) is 1. The van der Waals surface area contributed by atoms with Crippen molar-refractivity contribution < 1.29 is 4.79 Å². The smallest absolute Gasteiger partial charge is 0.234 e. The highest BCUT2D eigenvalue weighted by Crippen LogP contribution is 2.26. The summed E-state index contributed by atoms with van der Waals surface area (Å²) in [5.41, 5.74) is 4.15. The Morgan fingerprint density at radius 1 is 1.15 bits per heavy atom. The minimum atomic E-state index is -0.0696. The van der Waals surface area contributed by atoms with Crippen LogP contribution in [0.1, 0.15) is 12.5 Å². The molecule has 0 aliphatic heterocycles. The molecule has 1 N–H and O–H groups in total. The second-order valence-corrected chi connectivity index (χ2v) is 7.26. The van der Waals surface area contributed by atoms with E-state index in [0.29, 0.717) is 10.8 Å². The van der Waals surface area contributed by atoms with Gasteiger partial charge < -0.3 is 9.88 Å². The van der Waals surface area contributed by atoms with Crippen molar-refractivity contribution in [3.05, 3.63) is 65.3 Å². The Hall–Kier alpha value is -2.24. The molecule has 0 bridgehead atoms. The molecule has 0 radical (unpaired) electrons. The number of rotatable bonds is 6. The van der Waals surface area contributed by atoms with Crippen molar-refractivity contribution in [3.63, 3.8) is 0 Å². The third kappa shape index (κ3) is 4.48. The van der Waals surface area contributed by atoms with E-state index in [-0.39, 0.29) is 5.91 Å². The molecular weight excluding hydrogens is 366 g/mol. The number of halogens is 1. The van der Waals surface area contributed by atoms with Crippen LogP contribution in [0.25, 0.3) is 11.3 Å². The minimum Gasteiger partial charge on any atom is -0.325 e. The quantitative estimate of drug-likeness (QED) is 0.588. The summed E-state index contributed by atoms with van der Waals surface area (Å²) in [6.45, 7) is 4.95. The number of aryl methyl sites for hydroxylation is 1. The summed E-state index contributed by atoms with van der Waals surface area (Å²) in [7, 11) is 0. The number of benzene rings is 2. The number of carbonyl (C=O) groups is 1. The standard InChI is InChI=1S/C20H20ClN3OS/c1-3-24-18(15-6-4-14(2)5-7-15)12-22-20(24)26-13-19(25)23-17-10-8-16(21)9-11-17/h4-12H,3,13H2,1-2H3,(H,23,25). The van der Waals surface area contributed by atoms with Gasteiger partial charge in [0.2, 0.25) is 5.91 Å². The Labute approximate surface area is 162 Å². The van der Waals surface area contributed by atoms with Crippen molar-refractivity contribution in [3.8, 4) is 11.3 Å². The average Bonchev–Trinajstić information content (AvgIpc) is 3.05. The molecule has 2 aromatic carbocycles. The Morgan fingerprint density at radius 3 is 2.50 bits per heavy atom. The zero-order valence-corrected chi connectivity index (χ0v) is 16.3. The van der Waals surface area contributed by atoms with Crippen LogP contribution in [-0.4, -0.2) is 21.2 Å². The SMILES string of the molecule is CCn1c(-c2ccc(C)cc2)cnc1SCC(=O)Nc1ccc(Cl)cc1. The zero-order chi connectivity index (χ0) is 18.5. The lowest BCUT2D eigenvalue weighted by molar-refractivity contribution is -0.113. The zero-order valence-electron chi connectivity index (χ0n) is 14.7. The molecule has 0 fully saturated rings. The number of anilines is 1. The molecule has 0 aliphatic carbocycles. The lowest BCUT2D eigenvalue weighted by Crippen LogP contribution is -2.14. The first-order valence-corrected chi connectivity index (χ1v) is 9.74. The second-order valence-electron chi connectivity index (χ2n) is 5.88. The molecule has 1 aromatic heterocycles. The van der Waals surface area contributed by atoms with Crippen molar-refractivity contribution in [1.82, 2.24) is 9.55 Å². The van der Waals surface area contributed by atoms with Crippen molar-refractivity contribution in [1.29, 1.82) is 0 Å². The molecule has 4 nitrogen and oxygen atoms in total. The molecule has 0 saturated carbocycles. The third-order valence-corrected chi connectivity index (χ3v) is 5.19. The number of aromatic nitrogens is 2. The van der Waals surface area contributed by atoms with E-state index in [4.69, 9.17) is 11.6 Å². The van der Waals surface area contributed by atoms with Crippen LogP contribution in [-0.2, 0) is 11.3 Å². The maximum Gasteiger partial charge on any atom is 0.234 e. The van der Waals surface area contributed by atoms with Crippen LogP contribution in [0.3, 0.4) is 0 Å². The predicted octanol–water partition coefficient (Wildman–Crippen LogP) is 5.26. The number of carbonyl (C=O) groups excluding carboxylic acids is 1. The van der Waals surface area contributed by atoms with Gasteiger partial charge in [0, 0.05) is 17.3 Å². The highest BCUT2D eigenvalue weighted by molar-refractivity contribution is 7.99. The number of nitrogens with one attached hydrogen (secondary N) is 1. The molecule has 0 aliphatic rings. The second kappa shape index (κ2) is 8.43. The van der Waals surface area contributed by atoms with Crippen molar-refractivity contribution in [2.24, 2.45) is 0 Å². The fourth-order valence-electron chi connectivity index (χ4n) is 2.59. The third-order valence-electron chi connectivity index (χ3n) is 3.94. The van der Waals surface area contributed by atoms with E-state index in [0.717, 1.165) is 28.6 Å². The largest absolute Gasteiger partial charge is 0.325 e. The van der Waals surface area contributed by atoms with Crippen LogP contribution in [0.4, 0.5) is 5.69 Å². The van der Waals surface area contributed by atoms with Crippen LogP contribution in [0.5, 0.6) is 0 Å². The molecule has 1 heterocycles. The van der Waals surface area contributed by atoms with Gasteiger partial charge in [0.1, 0.15) is 0 Å². The van der Waals surface area contributed by atoms with Crippen LogP contribution in [0.15, 0.2) is 59.9 Å². The highest BCUT2D eigenvalue weighted by atomic mass is 35.5. The fourth-order valence-corrected chi connectivity index (χ4v) is 3.56. The van der Waals surface area contributed by atoms with E-state index in [9.17, 15) is 4.79 Å². The van der Waals surface area contributed by atoms with E-state index in [1.54, 1.807) is 24.3 Å². The molecule has 0 saturated heterocycles.